The Morgan fingerprint density at radius 3 is 2.00 bits per heavy atom. The van der Waals surface area contributed by atoms with E-state index in [4.69, 9.17) is 29.0 Å². The second kappa shape index (κ2) is 6.50. The van der Waals surface area contributed by atoms with Crippen LogP contribution in [0.2, 0.25) is 10.0 Å². The van der Waals surface area contributed by atoms with Gasteiger partial charge >= 0.3 is 0 Å². The molecule has 0 spiro atoms. The standard InChI is InChI=1S/C14H12Cl2F2N2/c15-9-3-1-4-10(16)8(9)7-13(20-19)14-11(17)5-2-6-12(14)18/h1-6,13,20H,7,19H2. The average Bonchev–Trinajstić information content (AvgIpc) is 2.40. The van der Waals surface area contributed by atoms with E-state index in [0.717, 1.165) is 0 Å². The highest BCUT2D eigenvalue weighted by Crippen LogP contribution is 2.30. The second-order valence-electron chi connectivity index (χ2n) is 4.26. The largest absolute Gasteiger partial charge is 0.271 e. The Morgan fingerprint density at radius 2 is 1.50 bits per heavy atom. The molecule has 0 bridgehead atoms. The molecule has 1 atom stereocenters. The SMILES string of the molecule is NNC(Cc1c(Cl)cccc1Cl)c1c(F)cccc1F. The van der Waals surface area contributed by atoms with Crippen LogP contribution in [0.3, 0.4) is 0 Å². The van der Waals surface area contributed by atoms with E-state index in [2.05, 4.69) is 5.43 Å². The normalized spacial score (nSPS) is 12.4. The minimum absolute atomic E-state index is 0.133. The van der Waals surface area contributed by atoms with Crippen molar-refractivity contribution in [3.05, 3.63) is 69.2 Å². The molecule has 106 valence electrons. The summed E-state index contributed by atoms with van der Waals surface area (Å²) >= 11 is 12.1. The Bertz CT molecular complexity index is 580. The van der Waals surface area contributed by atoms with Gasteiger partial charge in [-0.15, -0.1) is 0 Å². The van der Waals surface area contributed by atoms with Crippen molar-refractivity contribution >= 4 is 23.2 Å². The van der Waals surface area contributed by atoms with Crippen molar-refractivity contribution in [3.63, 3.8) is 0 Å². The van der Waals surface area contributed by atoms with Crippen LogP contribution in [0.4, 0.5) is 8.78 Å². The molecule has 2 rings (SSSR count). The van der Waals surface area contributed by atoms with Gasteiger partial charge in [-0.05, 0) is 36.2 Å². The molecular formula is C14H12Cl2F2N2. The summed E-state index contributed by atoms with van der Waals surface area (Å²) < 4.78 is 27.6. The predicted molar refractivity (Wildman–Crippen MR) is 76.6 cm³/mol. The highest BCUT2D eigenvalue weighted by Gasteiger charge is 2.21. The Hall–Kier alpha value is -1.20. The summed E-state index contributed by atoms with van der Waals surface area (Å²) in [6.45, 7) is 0. The van der Waals surface area contributed by atoms with E-state index in [1.165, 1.54) is 18.2 Å². The smallest absolute Gasteiger partial charge is 0.130 e. The molecule has 0 saturated heterocycles. The third-order valence-electron chi connectivity index (χ3n) is 3.02. The van der Waals surface area contributed by atoms with E-state index in [1.54, 1.807) is 18.2 Å². The zero-order chi connectivity index (χ0) is 14.7. The van der Waals surface area contributed by atoms with Crippen molar-refractivity contribution in [2.75, 3.05) is 0 Å². The van der Waals surface area contributed by atoms with Crippen molar-refractivity contribution in [1.82, 2.24) is 5.43 Å². The molecule has 20 heavy (non-hydrogen) atoms. The molecule has 2 aromatic rings. The van der Waals surface area contributed by atoms with Crippen molar-refractivity contribution < 1.29 is 8.78 Å². The maximum Gasteiger partial charge on any atom is 0.130 e. The first kappa shape index (κ1) is 15.2. The molecule has 6 heteroatoms. The molecule has 2 aromatic carbocycles. The fraction of sp³-hybridized carbons (Fsp3) is 0.143. The molecular weight excluding hydrogens is 305 g/mol. The van der Waals surface area contributed by atoms with E-state index in [0.29, 0.717) is 15.6 Å². The maximum absolute atomic E-state index is 13.8. The van der Waals surface area contributed by atoms with Gasteiger partial charge in [0.25, 0.3) is 0 Å². The van der Waals surface area contributed by atoms with E-state index < -0.39 is 17.7 Å². The Morgan fingerprint density at radius 1 is 1.00 bits per heavy atom. The van der Waals surface area contributed by atoms with Crippen molar-refractivity contribution in [2.45, 2.75) is 12.5 Å². The van der Waals surface area contributed by atoms with Gasteiger partial charge in [0.1, 0.15) is 11.6 Å². The molecule has 0 fully saturated rings. The lowest BCUT2D eigenvalue weighted by molar-refractivity contribution is 0.473. The highest BCUT2D eigenvalue weighted by molar-refractivity contribution is 6.36. The number of hydrogen-bond acceptors (Lipinski definition) is 2. The quantitative estimate of drug-likeness (QED) is 0.660. The highest BCUT2D eigenvalue weighted by atomic mass is 35.5. The maximum atomic E-state index is 13.8. The third-order valence-corrected chi connectivity index (χ3v) is 3.73. The van der Waals surface area contributed by atoms with Crippen molar-refractivity contribution in [1.29, 1.82) is 0 Å². The summed E-state index contributed by atoms with van der Waals surface area (Å²) in [7, 11) is 0. The first-order valence-electron chi connectivity index (χ1n) is 5.87. The number of halogens is 4. The predicted octanol–water partition coefficient (Wildman–Crippen LogP) is 4.02. The fourth-order valence-electron chi connectivity index (χ4n) is 2.02. The Labute approximate surface area is 125 Å². The molecule has 0 aliphatic rings. The lowest BCUT2D eigenvalue weighted by Crippen LogP contribution is -2.31. The van der Waals surface area contributed by atoms with Gasteiger partial charge in [0.15, 0.2) is 0 Å². The minimum Gasteiger partial charge on any atom is -0.271 e. The summed E-state index contributed by atoms with van der Waals surface area (Å²) in [4.78, 5) is 0. The Kier molecular flexibility index (Phi) is 4.94. The summed E-state index contributed by atoms with van der Waals surface area (Å²) in [6.07, 6.45) is 0.173. The van der Waals surface area contributed by atoms with Crippen LogP contribution >= 0.6 is 23.2 Å². The van der Waals surface area contributed by atoms with Crippen molar-refractivity contribution in [2.24, 2.45) is 5.84 Å². The molecule has 2 nitrogen and oxygen atoms in total. The summed E-state index contributed by atoms with van der Waals surface area (Å²) in [5, 5.41) is 0.851. The van der Waals surface area contributed by atoms with E-state index in [-0.39, 0.29) is 12.0 Å². The number of nitrogens with one attached hydrogen (secondary N) is 1. The average molecular weight is 317 g/mol. The van der Waals surface area contributed by atoms with Crippen LogP contribution in [-0.4, -0.2) is 0 Å². The Balaban J connectivity index is 2.39. The number of hydrazine groups is 1. The van der Waals surface area contributed by atoms with Crippen LogP contribution in [0.25, 0.3) is 0 Å². The molecule has 0 heterocycles. The first-order chi connectivity index (χ1) is 9.54. The van der Waals surface area contributed by atoms with Crippen LogP contribution in [0.15, 0.2) is 36.4 Å². The zero-order valence-corrected chi connectivity index (χ0v) is 11.8. The molecule has 0 aliphatic carbocycles. The van der Waals surface area contributed by atoms with Crippen LogP contribution in [0, 0.1) is 11.6 Å². The van der Waals surface area contributed by atoms with Gasteiger partial charge in [0, 0.05) is 15.6 Å². The zero-order valence-electron chi connectivity index (χ0n) is 10.3. The first-order valence-corrected chi connectivity index (χ1v) is 6.63. The molecule has 0 saturated carbocycles. The summed E-state index contributed by atoms with van der Waals surface area (Å²) in [6, 6.07) is 7.90. The minimum atomic E-state index is -0.770. The lowest BCUT2D eigenvalue weighted by atomic mass is 9.98. The summed E-state index contributed by atoms with van der Waals surface area (Å²) in [5.74, 6) is 4.08. The van der Waals surface area contributed by atoms with Crippen LogP contribution < -0.4 is 11.3 Å². The molecule has 3 N–H and O–H groups in total. The van der Waals surface area contributed by atoms with Gasteiger partial charge in [-0.1, -0.05) is 35.3 Å². The molecule has 0 radical (unpaired) electrons. The molecule has 0 aromatic heterocycles. The molecule has 0 amide bonds. The van der Waals surface area contributed by atoms with Crippen LogP contribution in [0.1, 0.15) is 17.2 Å². The van der Waals surface area contributed by atoms with E-state index >= 15 is 0 Å². The van der Waals surface area contributed by atoms with E-state index in [9.17, 15) is 8.78 Å². The number of rotatable bonds is 4. The molecule has 1 unspecified atom stereocenters. The number of nitrogens with two attached hydrogens (primary N) is 1. The summed E-state index contributed by atoms with van der Waals surface area (Å²) in [5.41, 5.74) is 2.86. The van der Waals surface area contributed by atoms with Gasteiger partial charge in [0.2, 0.25) is 0 Å². The topological polar surface area (TPSA) is 38.0 Å². The van der Waals surface area contributed by atoms with Gasteiger partial charge in [-0.25, -0.2) is 8.78 Å². The molecule has 0 aliphatic heterocycles. The van der Waals surface area contributed by atoms with Gasteiger partial charge in [-0.3, -0.25) is 11.3 Å². The lowest BCUT2D eigenvalue weighted by Gasteiger charge is -2.19. The van der Waals surface area contributed by atoms with Gasteiger partial charge in [-0.2, -0.15) is 0 Å². The van der Waals surface area contributed by atoms with Crippen LogP contribution in [0.5, 0.6) is 0 Å². The monoisotopic (exact) mass is 316 g/mol. The second-order valence-corrected chi connectivity index (χ2v) is 5.07. The van der Waals surface area contributed by atoms with Crippen molar-refractivity contribution in [3.8, 4) is 0 Å². The van der Waals surface area contributed by atoms with Crippen LogP contribution in [-0.2, 0) is 6.42 Å². The van der Waals surface area contributed by atoms with Gasteiger partial charge < -0.3 is 0 Å². The van der Waals surface area contributed by atoms with E-state index in [1.807, 2.05) is 0 Å². The number of benzene rings is 2. The number of hydrogen-bond donors (Lipinski definition) is 2. The van der Waals surface area contributed by atoms with Gasteiger partial charge in [0.05, 0.1) is 6.04 Å². The fourth-order valence-corrected chi connectivity index (χ4v) is 2.57. The third kappa shape index (κ3) is 3.10.